The topological polar surface area (TPSA) is 49.5 Å². The highest BCUT2D eigenvalue weighted by molar-refractivity contribution is 4.68. The molecule has 0 bridgehead atoms. The molecular formula is C9H22N2O. The predicted molar refractivity (Wildman–Crippen MR) is 52.1 cm³/mol. The molecule has 0 aromatic rings. The molecule has 0 spiro atoms. The second-order valence-corrected chi connectivity index (χ2v) is 3.02. The van der Waals surface area contributed by atoms with E-state index in [-0.39, 0.29) is 6.61 Å². The van der Waals surface area contributed by atoms with Crippen molar-refractivity contribution in [3.63, 3.8) is 0 Å². The minimum Gasteiger partial charge on any atom is -0.395 e. The average Bonchev–Trinajstić information content (AvgIpc) is 2.07. The van der Waals surface area contributed by atoms with Crippen LogP contribution in [0.1, 0.15) is 26.7 Å². The van der Waals surface area contributed by atoms with Gasteiger partial charge in [-0.2, -0.15) is 0 Å². The van der Waals surface area contributed by atoms with E-state index in [1.54, 1.807) is 0 Å². The van der Waals surface area contributed by atoms with Gasteiger partial charge in [-0.05, 0) is 12.8 Å². The fourth-order valence-corrected chi connectivity index (χ4v) is 1.58. The van der Waals surface area contributed by atoms with Crippen LogP contribution < -0.4 is 5.73 Å². The lowest BCUT2D eigenvalue weighted by Crippen LogP contribution is -2.39. The monoisotopic (exact) mass is 174 g/mol. The van der Waals surface area contributed by atoms with Crippen LogP contribution in [0.15, 0.2) is 0 Å². The number of hydrogen-bond acceptors (Lipinski definition) is 3. The summed E-state index contributed by atoms with van der Waals surface area (Å²) >= 11 is 0. The van der Waals surface area contributed by atoms with E-state index >= 15 is 0 Å². The van der Waals surface area contributed by atoms with E-state index in [0.717, 1.165) is 25.9 Å². The molecule has 0 amide bonds. The highest BCUT2D eigenvalue weighted by atomic mass is 16.3. The Balaban J connectivity index is 3.86. The van der Waals surface area contributed by atoms with Gasteiger partial charge in [-0.25, -0.2) is 0 Å². The van der Waals surface area contributed by atoms with Gasteiger partial charge in [0.15, 0.2) is 0 Å². The summed E-state index contributed by atoms with van der Waals surface area (Å²) in [5.41, 5.74) is 5.48. The smallest absolute Gasteiger partial charge is 0.0558 e. The lowest BCUT2D eigenvalue weighted by atomic mass is 10.1. The molecule has 0 fully saturated rings. The average molecular weight is 174 g/mol. The number of nitrogens with two attached hydrogens (primary N) is 1. The largest absolute Gasteiger partial charge is 0.395 e. The molecule has 74 valence electrons. The summed E-state index contributed by atoms with van der Waals surface area (Å²) in [6, 6.07) is 0.584. The van der Waals surface area contributed by atoms with E-state index in [4.69, 9.17) is 10.8 Å². The third kappa shape index (κ3) is 4.04. The van der Waals surface area contributed by atoms with Crippen molar-refractivity contribution in [1.82, 2.24) is 4.90 Å². The minimum absolute atomic E-state index is 0.233. The normalized spacial score (nSPS) is 11.5. The van der Waals surface area contributed by atoms with Crippen molar-refractivity contribution < 1.29 is 5.11 Å². The molecule has 12 heavy (non-hydrogen) atoms. The molecule has 0 unspecified atom stereocenters. The van der Waals surface area contributed by atoms with Crippen molar-refractivity contribution in [3.8, 4) is 0 Å². The van der Waals surface area contributed by atoms with Gasteiger partial charge < -0.3 is 10.8 Å². The van der Waals surface area contributed by atoms with Crippen molar-refractivity contribution >= 4 is 0 Å². The van der Waals surface area contributed by atoms with Gasteiger partial charge in [-0.3, -0.25) is 4.90 Å². The zero-order chi connectivity index (χ0) is 9.40. The quantitative estimate of drug-likeness (QED) is 0.588. The Kier molecular flexibility index (Phi) is 7.45. The first-order valence-corrected chi connectivity index (χ1v) is 4.85. The van der Waals surface area contributed by atoms with Gasteiger partial charge in [0.2, 0.25) is 0 Å². The summed E-state index contributed by atoms with van der Waals surface area (Å²) in [7, 11) is 0. The number of aliphatic hydroxyl groups is 1. The molecule has 0 heterocycles. The molecule has 0 saturated heterocycles. The second kappa shape index (κ2) is 7.53. The fraction of sp³-hybridized carbons (Fsp3) is 1.00. The van der Waals surface area contributed by atoms with Crippen LogP contribution in [0, 0.1) is 0 Å². The van der Waals surface area contributed by atoms with Gasteiger partial charge >= 0.3 is 0 Å². The molecular weight excluding hydrogens is 152 g/mol. The Morgan fingerprint density at radius 3 is 2.17 bits per heavy atom. The standard InChI is InChI=1S/C9H22N2O/c1-3-9(4-2)11(6-5-10)7-8-12/h9,12H,3-8,10H2,1-2H3. The highest BCUT2D eigenvalue weighted by Crippen LogP contribution is 2.06. The van der Waals surface area contributed by atoms with Crippen molar-refractivity contribution in [2.75, 3.05) is 26.2 Å². The summed E-state index contributed by atoms with van der Waals surface area (Å²) in [5, 5.41) is 8.82. The van der Waals surface area contributed by atoms with Gasteiger partial charge in [-0.1, -0.05) is 13.8 Å². The van der Waals surface area contributed by atoms with Crippen molar-refractivity contribution in [3.05, 3.63) is 0 Å². The van der Waals surface area contributed by atoms with E-state index in [9.17, 15) is 0 Å². The Morgan fingerprint density at radius 1 is 1.25 bits per heavy atom. The van der Waals surface area contributed by atoms with Crippen molar-refractivity contribution in [2.45, 2.75) is 32.7 Å². The predicted octanol–water partition coefficient (Wildman–Crippen LogP) is 0.428. The molecule has 0 radical (unpaired) electrons. The number of hydrogen-bond donors (Lipinski definition) is 2. The SMILES string of the molecule is CCC(CC)N(CCN)CCO. The lowest BCUT2D eigenvalue weighted by Gasteiger charge is -2.29. The van der Waals surface area contributed by atoms with E-state index in [2.05, 4.69) is 18.7 Å². The Bertz CT molecular complexity index is 88.5. The van der Waals surface area contributed by atoms with Gasteiger partial charge in [0.1, 0.15) is 0 Å². The fourth-order valence-electron chi connectivity index (χ4n) is 1.58. The third-order valence-corrected chi connectivity index (χ3v) is 2.26. The Hall–Kier alpha value is -0.120. The zero-order valence-electron chi connectivity index (χ0n) is 8.29. The molecule has 0 saturated carbocycles. The molecule has 0 aliphatic heterocycles. The van der Waals surface area contributed by atoms with Gasteiger partial charge in [0, 0.05) is 25.7 Å². The summed E-state index contributed by atoms with van der Waals surface area (Å²) in [5.74, 6) is 0. The van der Waals surface area contributed by atoms with Gasteiger partial charge in [0.05, 0.1) is 6.61 Å². The van der Waals surface area contributed by atoms with Crippen LogP contribution in [0.4, 0.5) is 0 Å². The number of rotatable bonds is 7. The van der Waals surface area contributed by atoms with Crippen LogP contribution in [0.2, 0.25) is 0 Å². The van der Waals surface area contributed by atoms with E-state index in [0.29, 0.717) is 12.6 Å². The molecule has 0 atom stereocenters. The van der Waals surface area contributed by atoms with E-state index < -0.39 is 0 Å². The summed E-state index contributed by atoms with van der Waals surface area (Å²) in [6.07, 6.45) is 2.27. The van der Waals surface area contributed by atoms with Crippen LogP contribution in [-0.4, -0.2) is 42.3 Å². The molecule has 0 aliphatic carbocycles. The van der Waals surface area contributed by atoms with Crippen LogP contribution in [0.25, 0.3) is 0 Å². The summed E-state index contributed by atoms with van der Waals surface area (Å²) in [4.78, 5) is 2.26. The molecule has 0 rings (SSSR count). The first kappa shape index (κ1) is 11.9. The first-order valence-electron chi connectivity index (χ1n) is 4.85. The van der Waals surface area contributed by atoms with Crippen molar-refractivity contribution in [2.24, 2.45) is 5.73 Å². The zero-order valence-corrected chi connectivity index (χ0v) is 8.29. The lowest BCUT2D eigenvalue weighted by molar-refractivity contribution is 0.147. The molecule has 0 aromatic heterocycles. The molecule has 3 nitrogen and oxygen atoms in total. The van der Waals surface area contributed by atoms with Crippen LogP contribution in [0.3, 0.4) is 0 Å². The minimum atomic E-state index is 0.233. The number of aliphatic hydroxyl groups excluding tert-OH is 1. The Morgan fingerprint density at radius 2 is 1.83 bits per heavy atom. The molecule has 0 aliphatic rings. The third-order valence-electron chi connectivity index (χ3n) is 2.26. The van der Waals surface area contributed by atoms with Crippen molar-refractivity contribution in [1.29, 1.82) is 0 Å². The second-order valence-electron chi connectivity index (χ2n) is 3.02. The van der Waals surface area contributed by atoms with E-state index in [1.165, 1.54) is 0 Å². The van der Waals surface area contributed by atoms with Gasteiger partial charge in [0.25, 0.3) is 0 Å². The maximum atomic E-state index is 8.82. The summed E-state index contributed by atoms with van der Waals surface area (Å²) in [6.45, 7) is 6.91. The number of nitrogens with zero attached hydrogens (tertiary/aromatic N) is 1. The molecule has 0 aromatic carbocycles. The summed E-state index contributed by atoms with van der Waals surface area (Å²) < 4.78 is 0. The maximum absolute atomic E-state index is 8.82. The van der Waals surface area contributed by atoms with Gasteiger partial charge in [-0.15, -0.1) is 0 Å². The first-order chi connectivity index (χ1) is 5.79. The Labute approximate surface area is 75.6 Å². The van der Waals surface area contributed by atoms with Crippen LogP contribution >= 0.6 is 0 Å². The highest BCUT2D eigenvalue weighted by Gasteiger charge is 2.12. The molecule has 3 heteroatoms. The van der Waals surface area contributed by atoms with E-state index in [1.807, 2.05) is 0 Å². The maximum Gasteiger partial charge on any atom is 0.0558 e. The molecule has 3 N–H and O–H groups in total. The van der Waals surface area contributed by atoms with Crippen LogP contribution in [-0.2, 0) is 0 Å². The van der Waals surface area contributed by atoms with Crippen LogP contribution in [0.5, 0.6) is 0 Å².